The van der Waals surface area contributed by atoms with Crippen molar-refractivity contribution in [3.8, 4) is 0 Å². The molecule has 0 radical (unpaired) electrons. The molecule has 0 saturated heterocycles. The van der Waals surface area contributed by atoms with Crippen LogP contribution < -0.4 is 29.6 Å². The molecule has 0 saturated carbocycles. The van der Waals surface area contributed by atoms with Crippen LogP contribution in [0.5, 0.6) is 0 Å². The van der Waals surface area contributed by atoms with E-state index in [0.717, 1.165) is 16.3 Å². The summed E-state index contributed by atoms with van der Waals surface area (Å²) in [5.41, 5.74) is 1.38. The second kappa shape index (κ2) is 7.97. The monoisotopic (exact) mass is 472 g/mol. The van der Waals surface area contributed by atoms with Crippen molar-refractivity contribution >= 4 is 22.6 Å². The number of aromatic nitrogens is 4. The Morgan fingerprint density at radius 3 is 2.73 bits per heavy atom. The molecule has 0 unspecified atom stereocenters. The van der Waals surface area contributed by atoms with Crippen molar-refractivity contribution in [2.45, 2.75) is 6.92 Å². The number of carbonyl (C=O) groups is 1. The molecule has 6 nitrogen and oxygen atoms in total. The Bertz CT molecular complexity index is 805. The van der Waals surface area contributed by atoms with Crippen molar-refractivity contribution < 1.29 is 55.4 Å². The third-order valence-electron chi connectivity index (χ3n) is 3.14. The molecule has 3 aromatic rings. The zero-order chi connectivity index (χ0) is 14.1. The fourth-order valence-electron chi connectivity index (χ4n) is 2.03. The number of benzene rings is 2. The molecule has 0 aliphatic rings. The van der Waals surface area contributed by atoms with Crippen molar-refractivity contribution in [3.05, 3.63) is 52.8 Å². The summed E-state index contributed by atoms with van der Waals surface area (Å²) < 4.78 is 1.35. The Balaban J connectivity index is 0.00000121. The van der Waals surface area contributed by atoms with E-state index in [2.05, 4.69) is 26.9 Å². The Morgan fingerprint density at radius 2 is 2.05 bits per heavy atom. The number of fused-ring (bicyclic) bond motifs is 1. The van der Waals surface area contributed by atoms with Gasteiger partial charge in [-0.2, -0.15) is 0 Å². The van der Waals surface area contributed by atoms with E-state index in [-0.39, 0.29) is 62.5 Å². The molecular formula is C14H11N5NaOW-. The van der Waals surface area contributed by atoms with Crippen LogP contribution >= 0.6 is 0 Å². The molecule has 3 rings (SSSR count). The summed E-state index contributed by atoms with van der Waals surface area (Å²) in [4.78, 5) is 12.2. The second-order valence-electron chi connectivity index (χ2n) is 4.39. The zero-order valence-corrected chi connectivity index (χ0v) is 17.4. The predicted octanol–water partition coefficient (Wildman–Crippen LogP) is -0.681. The first-order chi connectivity index (χ1) is 9.66. The number of nitrogens with zero attached hydrogens (tertiary/aromatic N) is 5. The van der Waals surface area contributed by atoms with Gasteiger partial charge in [-0.3, -0.25) is 9.89 Å². The smallest absolute Gasteiger partial charge is 0.329 e. The first kappa shape index (κ1) is 19.0. The minimum Gasteiger partial charge on any atom is -0.329 e. The van der Waals surface area contributed by atoms with Crippen LogP contribution in [0.15, 0.2) is 30.3 Å². The van der Waals surface area contributed by atoms with Crippen molar-refractivity contribution in [3.63, 3.8) is 0 Å². The zero-order valence-electron chi connectivity index (χ0n) is 12.4. The van der Waals surface area contributed by atoms with E-state index in [1.165, 1.54) is 4.68 Å². The topological polar surface area (TPSA) is 74.8 Å². The average Bonchev–Trinajstić information content (AvgIpc) is 2.85. The van der Waals surface area contributed by atoms with Gasteiger partial charge >= 0.3 is 29.6 Å². The van der Waals surface area contributed by atoms with Crippen LogP contribution in [0.25, 0.3) is 16.1 Å². The van der Waals surface area contributed by atoms with Gasteiger partial charge in [-0.15, -0.1) is 51.0 Å². The molecule has 0 N–H and O–H groups in total. The maximum atomic E-state index is 12.2. The molecule has 106 valence electrons. The molecule has 0 spiro atoms. The van der Waals surface area contributed by atoms with Gasteiger partial charge in [0.1, 0.15) is 0 Å². The average molecular weight is 472 g/mol. The standard InChI is InChI=1S/C14H12N5O.Na.W/c1-9-11-6-4-3-5-10(11)7-8-12(9)13(20)15-14-16-17-18-19(14)2;;/h3-6,8H,1-2H3,(H,15,16,18,20);;/q-1;+1;/p-1. The number of hydrogen-bond donors (Lipinski definition) is 0. The molecule has 0 atom stereocenters. The number of hydrogen-bond acceptors (Lipinski definition) is 4. The Kier molecular flexibility index (Phi) is 6.88. The Morgan fingerprint density at radius 1 is 1.32 bits per heavy atom. The minimum atomic E-state index is -0.373. The van der Waals surface area contributed by atoms with E-state index in [1.807, 2.05) is 31.2 Å². The predicted molar refractivity (Wildman–Crippen MR) is 73.7 cm³/mol. The van der Waals surface area contributed by atoms with Gasteiger partial charge in [-0.25, -0.2) is 0 Å². The number of aryl methyl sites for hydroxylation is 2. The second-order valence-corrected chi connectivity index (χ2v) is 4.39. The molecule has 22 heavy (non-hydrogen) atoms. The van der Waals surface area contributed by atoms with Gasteiger partial charge in [0.15, 0.2) is 5.91 Å². The molecule has 8 heteroatoms. The molecular weight excluding hydrogens is 461 g/mol. The molecule has 1 amide bonds. The Labute approximate surface area is 164 Å². The molecule has 1 aromatic heterocycles. The summed E-state index contributed by atoms with van der Waals surface area (Å²) in [6, 6.07) is 12.5. The largest absolute Gasteiger partial charge is 1.00 e. The maximum absolute atomic E-state index is 12.2. The minimum absolute atomic E-state index is 0. The van der Waals surface area contributed by atoms with E-state index in [4.69, 9.17) is 0 Å². The van der Waals surface area contributed by atoms with Crippen LogP contribution in [0.4, 0.5) is 5.95 Å². The number of rotatable bonds is 2. The van der Waals surface area contributed by atoms with E-state index in [1.54, 1.807) is 13.1 Å². The number of amides is 1. The summed E-state index contributed by atoms with van der Waals surface area (Å²) in [6.45, 7) is 1.90. The van der Waals surface area contributed by atoms with Gasteiger partial charge in [0.05, 0.1) is 5.95 Å². The van der Waals surface area contributed by atoms with Gasteiger partial charge in [0, 0.05) is 21.1 Å². The molecule has 0 aliphatic heterocycles. The van der Waals surface area contributed by atoms with Crippen molar-refractivity contribution in [1.82, 2.24) is 20.2 Å². The van der Waals surface area contributed by atoms with Gasteiger partial charge < -0.3 is 10.00 Å². The SMILES string of the molecule is Cc1c(C(=O)[N-]c2nnnn2C)c[c-]c2ccccc12.[Na+].[W]. The summed E-state index contributed by atoms with van der Waals surface area (Å²) in [6.07, 6.45) is 0. The first-order valence-corrected chi connectivity index (χ1v) is 6.05. The molecule has 0 aliphatic carbocycles. The molecule has 0 bridgehead atoms. The van der Waals surface area contributed by atoms with Crippen LogP contribution in [0.1, 0.15) is 15.9 Å². The van der Waals surface area contributed by atoms with E-state index >= 15 is 0 Å². The third kappa shape index (κ3) is 3.63. The van der Waals surface area contributed by atoms with Gasteiger partial charge in [0.25, 0.3) is 0 Å². The van der Waals surface area contributed by atoms with E-state index in [0.29, 0.717) is 5.56 Å². The van der Waals surface area contributed by atoms with E-state index < -0.39 is 0 Å². The molecule has 0 fully saturated rings. The molecule has 2 aromatic carbocycles. The van der Waals surface area contributed by atoms with Crippen molar-refractivity contribution in [1.29, 1.82) is 0 Å². The van der Waals surface area contributed by atoms with Crippen LogP contribution in [0.2, 0.25) is 0 Å². The van der Waals surface area contributed by atoms with E-state index in [9.17, 15) is 4.79 Å². The number of carbonyl (C=O) groups excluding carboxylic acids is 1. The van der Waals surface area contributed by atoms with Gasteiger partial charge in [-0.05, 0) is 7.05 Å². The summed E-state index contributed by atoms with van der Waals surface area (Å²) >= 11 is 0. The fourth-order valence-corrected chi connectivity index (χ4v) is 2.03. The third-order valence-corrected chi connectivity index (χ3v) is 3.14. The Hall–Kier alpha value is -1.07. The fraction of sp³-hybridized carbons (Fsp3) is 0.143. The maximum Gasteiger partial charge on any atom is 1.00 e. The summed E-state index contributed by atoms with van der Waals surface area (Å²) in [5.74, 6) is -0.190. The van der Waals surface area contributed by atoms with Crippen LogP contribution in [0.3, 0.4) is 0 Å². The number of tetrazole rings is 1. The van der Waals surface area contributed by atoms with Gasteiger partial charge in [-0.1, -0.05) is 24.6 Å². The van der Waals surface area contributed by atoms with Crippen molar-refractivity contribution in [2.24, 2.45) is 7.05 Å². The van der Waals surface area contributed by atoms with Crippen molar-refractivity contribution in [2.75, 3.05) is 0 Å². The van der Waals surface area contributed by atoms with Crippen LogP contribution in [-0.2, 0) is 28.1 Å². The summed E-state index contributed by atoms with van der Waals surface area (Å²) in [5, 5.41) is 16.7. The van der Waals surface area contributed by atoms with Crippen LogP contribution in [-0.4, -0.2) is 26.1 Å². The summed E-state index contributed by atoms with van der Waals surface area (Å²) in [7, 11) is 1.63. The molecule has 1 heterocycles. The van der Waals surface area contributed by atoms with Gasteiger partial charge in [0.2, 0.25) is 0 Å². The van der Waals surface area contributed by atoms with Crippen LogP contribution in [0, 0.1) is 13.0 Å². The normalized spacial score (nSPS) is 9.73. The quantitative estimate of drug-likeness (QED) is 0.366. The first-order valence-electron chi connectivity index (χ1n) is 6.05.